The summed E-state index contributed by atoms with van der Waals surface area (Å²) in [5, 5.41) is 2.92. The number of furan rings is 1. The highest BCUT2D eigenvalue weighted by atomic mass is 16.3. The van der Waals surface area contributed by atoms with Gasteiger partial charge in [-0.3, -0.25) is 10.1 Å². The summed E-state index contributed by atoms with van der Waals surface area (Å²) < 4.78 is 5.05. The molecule has 1 unspecified atom stereocenters. The van der Waals surface area contributed by atoms with Crippen molar-refractivity contribution in [3.05, 3.63) is 24.2 Å². The second kappa shape index (κ2) is 3.92. The highest BCUT2D eigenvalue weighted by Gasteiger charge is 2.18. The van der Waals surface area contributed by atoms with Gasteiger partial charge in [0.1, 0.15) is 11.8 Å². The molecule has 0 saturated heterocycles. The molecular weight excluding hydrogens is 156 g/mol. The Balaban J connectivity index is 2.73. The Bertz CT molecular complexity index is 244. The van der Waals surface area contributed by atoms with E-state index in [0.717, 1.165) is 0 Å². The van der Waals surface area contributed by atoms with Crippen LogP contribution >= 0.6 is 0 Å². The monoisotopic (exact) mass is 168 g/mol. The molecular formula is C8H12N2O2. The van der Waals surface area contributed by atoms with Crippen molar-refractivity contribution in [1.29, 1.82) is 0 Å². The first-order chi connectivity index (χ1) is 5.75. The summed E-state index contributed by atoms with van der Waals surface area (Å²) >= 11 is 0. The van der Waals surface area contributed by atoms with Crippen LogP contribution < -0.4 is 11.1 Å². The van der Waals surface area contributed by atoms with Crippen LogP contribution in [0.2, 0.25) is 0 Å². The molecule has 3 N–H and O–H groups in total. The lowest BCUT2D eigenvalue weighted by molar-refractivity contribution is -0.120. The fourth-order valence-electron chi connectivity index (χ4n) is 1.00. The molecule has 1 atom stereocenters. The van der Waals surface area contributed by atoms with E-state index >= 15 is 0 Å². The van der Waals surface area contributed by atoms with Gasteiger partial charge in [-0.1, -0.05) is 6.92 Å². The predicted octanol–water partition coefficient (Wildman–Crippen LogP) is 0.415. The summed E-state index contributed by atoms with van der Waals surface area (Å²) in [6.07, 6.45) is 1.52. The van der Waals surface area contributed by atoms with Crippen LogP contribution in [0, 0.1) is 0 Å². The lowest BCUT2D eigenvalue weighted by Crippen LogP contribution is -2.33. The van der Waals surface area contributed by atoms with Gasteiger partial charge in [0.25, 0.3) is 0 Å². The van der Waals surface area contributed by atoms with E-state index < -0.39 is 11.9 Å². The zero-order chi connectivity index (χ0) is 8.97. The van der Waals surface area contributed by atoms with Crippen LogP contribution in [-0.4, -0.2) is 12.5 Å². The molecule has 0 aliphatic carbocycles. The molecule has 1 amide bonds. The highest BCUT2D eigenvalue weighted by Crippen LogP contribution is 2.11. The average Bonchev–Trinajstić information content (AvgIpc) is 2.51. The zero-order valence-corrected chi connectivity index (χ0v) is 6.91. The SMILES string of the molecule is CCNC(C(N)=O)c1ccco1. The minimum absolute atomic E-state index is 0.424. The maximum absolute atomic E-state index is 10.9. The smallest absolute Gasteiger partial charge is 0.242 e. The van der Waals surface area contributed by atoms with Crippen molar-refractivity contribution in [1.82, 2.24) is 5.32 Å². The Morgan fingerprint density at radius 1 is 1.83 bits per heavy atom. The van der Waals surface area contributed by atoms with Crippen LogP contribution in [0.25, 0.3) is 0 Å². The molecule has 0 fully saturated rings. The molecule has 0 aromatic carbocycles. The normalized spacial score (nSPS) is 12.8. The Morgan fingerprint density at radius 3 is 3.00 bits per heavy atom. The molecule has 0 saturated carbocycles. The van der Waals surface area contributed by atoms with Gasteiger partial charge < -0.3 is 10.2 Å². The lowest BCUT2D eigenvalue weighted by Gasteiger charge is -2.10. The number of nitrogens with two attached hydrogens (primary N) is 1. The molecule has 12 heavy (non-hydrogen) atoms. The fourth-order valence-corrected chi connectivity index (χ4v) is 1.00. The Kier molecular flexibility index (Phi) is 2.88. The van der Waals surface area contributed by atoms with Crippen LogP contribution in [0.4, 0.5) is 0 Å². The first-order valence-corrected chi connectivity index (χ1v) is 3.81. The van der Waals surface area contributed by atoms with E-state index in [1.807, 2.05) is 6.92 Å². The van der Waals surface area contributed by atoms with E-state index in [9.17, 15) is 4.79 Å². The number of carbonyl (C=O) groups is 1. The van der Waals surface area contributed by atoms with Crippen molar-refractivity contribution in [2.75, 3.05) is 6.54 Å². The second-order valence-corrected chi connectivity index (χ2v) is 2.41. The van der Waals surface area contributed by atoms with E-state index in [1.165, 1.54) is 6.26 Å². The van der Waals surface area contributed by atoms with E-state index in [-0.39, 0.29) is 0 Å². The predicted molar refractivity (Wildman–Crippen MR) is 44.3 cm³/mol. The van der Waals surface area contributed by atoms with Gasteiger partial charge >= 0.3 is 0 Å². The second-order valence-electron chi connectivity index (χ2n) is 2.41. The van der Waals surface area contributed by atoms with Crippen LogP contribution in [0.15, 0.2) is 22.8 Å². The van der Waals surface area contributed by atoms with Crippen LogP contribution in [0.5, 0.6) is 0 Å². The number of hydrogen-bond donors (Lipinski definition) is 2. The minimum Gasteiger partial charge on any atom is -0.467 e. The number of rotatable bonds is 4. The standard InChI is InChI=1S/C8H12N2O2/c1-2-10-7(8(9)11)6-4-3-5-12-6/h3-5,7,10H,2H2,1H3,(H2,9,11). The van der Waals surface area contributed by atoms with Gasteiger partial charge in [-0.05, 0) is 18.7 Å². The summed E-state index contributed by atoms with van der Waals surface area (Å²) in [4.78, 5) is 10.9. The fraction of sp³-hybridized carbons (Fsp3) is 0.375. The third kappa shape index (κ3) is 1.85. The first kappa shape index (κ1) is 8.80. The molecule has 0 aliphatic rings. The quantitative estimate of drug-likeness (QED) is 0.684. The highest BCUT2D eigenvalue weighted by molar-refractivity contribution is 5.80. The van der Waals surface area contributed by atoms with Crippen LogP contribution in [0.1, 0.15) is 18.7 Å². The summed E-state index contributed by atoms with van der Waals surface area (Å²) in [7, 11) is 0. The van der Waals surface area contributed by atoms with Gasteiger partial charge in [0.05, 0.1) is 6.26 Å². The lowest BCUT2D eigenvalue weighted by atomic mass is 10.2. The first-order valence-electron chi connectivity index (χ1n) is 3.81. The van der Waals surface area contributed by atoms with Gasteiger partial charge in [0, 0.05) is 0 Å². The van der Waals surface area contributed by atoms with Crippen molar-refractivity contribution in [3.8, 4) is 0 Å². The number of nitrogens with one attached hydrogen (secondary N) is 1. The van der Waals surface area contributed by atoms with Crippen LogP contribution in [-0.2, 0) is 4.79 Å². The molecule has 66 valence electrons. The third-order valence-electron chi connectivity index (χ3n) is 1.52. The van der Waals surface area contributed by atoms with E-state index in [2.05, 4.69) is 5.32 Å². The van der Waals surface area contributed by atoms with E-state index in [0.29, 0.717) is 12.3 Å². The molecule has 0 aliphatic heterocycles. The summed E-state index contributed by atoms with van der Waals surface area (Å²) in [6.45, 7) is 2.58. The van der Waals surface area contributed by atoms with Crippen molar-refractivity contribution < 1.29 is 9.21 Å². The largest absolute Gasteiger partial charge is 0.467 e. The number of primary amides is 1. The number of carbonyl (C=O) groups excluding carboxylic acids is 1. The zero-order valence-electron chi connectivity index (χ0n) is 6.91. The van der Waals surface area contributed by atoms with Crippen LogP contribution in [0.3, 0.4) is 0 Å². The summed E-state index contributed by atoms with van der Waals surface area (Å²) in [6, 6.07) is 2.94. The number of amides is 1. The maximum atomic E-state index is 10.9. The van der Waals surface area contributed by atoms with Gasteiger partial charge in [-0.25, -0.2) is 0 Å². The average molecular weight is 168 g/mol. The Morgan fingerprint density at radius 2 is 2.58 bits per heavy atom. The Hall–Kier alpha value is -1.29. The molecule has 0 bridgehead atoms. The molecule has 1 rings (SSSR count). The van der Waals surface area contributed by atoms with Crippen molar-refractivity contribution in [3.63, 3.8) is 0 Å². The van der Waals surface area contributed by atoms with E-state index in [1.54, 1.807) is 12.1 Å². The van der Waals surface area contributed by atoms with E-state index in [4.69, 9.17) is 10.2 Å². The molecule has 1 aromatic rings. The molecule has 1 heterocycles. The van der Waals surface area contributed by atoms with Gasteiger partial charge in [0.2, 0.25) is 5.91 Å². The van der Waals surface area contributed by atoms with Crippen molar-refractivity contribution in [2.45, 2.75) is 13.0 Å². The molecule has 0 radical (unpaired) electrons. The van der Waals surface area contributed by atoms with Gasteiger partial charge in [-0.15, -0.1) is 0 Å². The minimum atomic E-state index is -0.509. The summed E-state index contributed by atoms with van der Waals surface area (Å²) in [5.74, 6) is 0.135. The number of likely N-dealkylation sites (N-methyl/N-ethyl adjacent to an activating group) is 1. The van der Waals surface area contributed by atoms with Gasteiger partial charge in [-0.2, -0.15) is 0 Å². The topological polar surface area (TPSA) is 68.3 Å². The molecule has 0 spiro atoms. The van der Waals surface area contributed by atoms with Crippen molar-refractivity contribution >= 4 is 5.91 Å². The Labute approximate surface area is 70.7 Å². The summed E-state index contributed by atoms with van der Waals surface area (Å²) in [5.41, 5.74) is 5.15. The van der Waals surface area contributed by atoms with Gasteiger partial charge in [0.15, 0.2) is 0 Å². The van der Waals surface area contributed by atoms with Crippen molar-refractivity contribution in [2.24, 2.45) is 5.73 Å². The number of hydrogen-bond acceptors (Lipinski definition) is 3. The maximum Gasteiger partial charge on any atom is 0.242 e. The molecule has 1 aromatic heterocycles. The molecule has 4 heteroatoms. The third-order valence-corrected chi connectivity index (χ3v) is 1.52. The molecule has 4 nitrogen and oxygen atoms in total.